The molecule has 0 aromatic heterocycles. The Morgan fingerprint density at radius 3 is 2.61 bits per heavy atom. The van der Waals surface area contributed by atoms with Gasteiger partial charge in [-0.05, 0) is 59.7 Å². The molecule has 2 nitrogen and oxygen atoms in total. The van der Waals surface area contributed by atoms with E-state index >= 15 is 0 Å². The number of halogens is 1. The number of benzene rings is 1. The zero-order valence-corrected chi connectivity index (χ0v) is 12.8. The summed E-state index contributed by atoms with van der Waals surface area (Å²) in [6.07, 6.45) is 6.64. The zero-order chi connectivity index (χ0) is 13.0. The lowest BCUT2D eigenvalue weighted by Crippen LogP contribution is -2.25. The molecule has 0 unspecified atom stereocenters. The smallest absolute Gasteiger partial charge is 0.135 e. The summed E-state index contributed by atoms with van der Waals surface area (Å²) in [5.74, 6) is 1.84. The van der Waals surface area contributed by atoms with Crippen molar-refractivity contribution < 1.29 is 4.74 Å². The fourth-order valence-electron chi connectivity index (χ4n) is 2.70. The molecule has 100 valence electrons. The molecule has 0 amide bonds. The van der Waals surface area contributed by atoms with Crippen LogP contribution < -0.4 is 10.1 Å². The van der Waals surface area contributed by atoms with Crippen LogP contribution in [0, 0.1) is 5.92 Å². The molecule has 0 radical (unpaired) electrons. The van der Waals surface area contributed by atoms with Crippen molar-refractivity contribution in [1.82, 2.24) is 0 Å². The van der Waals surface area contributed by atoms with Crippen molar-refractivity contribution in [3.8, 4) is 5.75 Å². The third-order valence-corrected chi connectivity index (χ3v) is 4.60. The number of hydrogen-bond donors (Lipinski definition) is 1. The zero-order valence-electron chi connectivity index (χ0n) is 11.2. The second-order valence-corrected chi connectivity index (χ2v) is 5.97. The third-order valence-electron chi connectivity index (χ3n) is 3.95. The summed E-state index contributed by atoms with van der Waals surface area (Å²) in [4.78, 5) is 0. The Morgan fingerprint density at radius 2 is 2.00 bits per heavy atom. The first-order valence-corrected chi connectivity index (χ1v) is 7.62. The van der Waals surface area contributed by atoms with Gasteiger partial charge in [-0.3, -0.25) is 0 Å². The van der Waals surface area contributed by atoms with Crippen molar-refractivity contribution in [2.75, 3.05) is 12.4 Å². The van der Waals surface area contributed by atoms with Crippen LogP contribution >= 0.6 is 15.9 Å². The predicted octanol–water partition coefficient (Wildman–Crippen LogP) is 4.84. The van der Waals surface area contributed by atoms with Crippen molar-refractivity contribution in [2.45, 2.75) is 45.1 Å². The Bertz CT molecular complexity index is 386. The van der Waals surface area contributed by atoms with E-state index < -0.39 is 0 Å². The summed E-state index contributed by atoms with van der Waals surface area (Å²) in [5.41, 5.74) is 1.16. The minimum absolute atomic E-state index is 0.624. The summed E-state index contributed by atoms with van der Waals surface area (Å²) < 4.78 is 6.33. The number of ether oxygens (including phenoxy) is 1. The normalized spacial score (nSPS) is 23.7. The molecule has 1 fully saturated rings. The minimum Gasteiger partial charge on any atom is -0.495 e. The molecule has 0 bridgehead atoms. The Balaban J connectivity index is 1.94. The molecule has 1 N–H and O–H groups in total. The summed E-state index contributed by atoms with van der Waals surface area (Å²) in [7, 11) is 1.70. The van der Waals surface area contributed by atoms with E-state index in [-0.39, 0.29) is 0 Å². The first-order chi connectivity index (χ1) is 8.72. The standard InChI is InChI=1S/C15H22BrNO/c1-3-11-4-6-12(7-5-11)17-13-8-9-14(16)15(10-13)18-2/h8-12,17H,3-7H2,1-2H3. The van der Waals surface area contributed by atoms with Gasteiger partial charge in [0.15, 0.2) is 0 Å². The lowest BCUT2D eigenvalue weighted by atomic mass is 9.84. The Morgan fingerprint density at radius 1 is 1.28 bits per heavy atom. The lowest BCUT2D eigenvalue weighted by molar-refractivity contribution is 0.330. The maximum absolute atomic E-state index is 5.32. The number of rotatable bonds is 4. The molecule has 0 saturated heterocycles. The van der Waals surface area contributed by atoms with E-state index in [1.807, 2.05) is 6.07 Å². The van der Waals surface area contributed by atoms with Gasteiger partial charge < -0.3 is 10.1 Å². The van der Waals surface area contributed by atoms with Gasteiger partial charge >= 0.3 is 0 Å². The minimum atomic E-state index is 0.624. The summed E-state index contributed by atoms with van der Waals surface area (Å²) in [6, 6.07) is 6.84. The molecule has 0 atom stereocenters. The number of nitrogens with one attached hydrogen (secondary N) is 1. The van der Waals surface area contributed by atoms with Gasteiger partial charge in [0.05, 0.1) is 11.6 Å². The summed E-state index contributed by atoms with van der Waals surface area (Å²) in [5, 5.41) is 3.63. The van der Waals surface area contributed by atoms with Crippen molar-refractivity contribution in [3.63, 3.8) is 0 Å². The van der Waals surface area contributed by atoms with Crippen LogP contribution in [0.4, 0.5) is 5.69 Å². The van der Waals surface area contributed by atoms with Gasteiger partial charge in [0.25, 0.3) is 0 Å². The van der Waals surface area contributed by atoms with Gasteiger partial charge in [-0.15, -0.1) is 0 Å². The van der Waals surface area contributed by atoms with Crippen molar-refractivity contribution >= 4 is 21.6 Å². The largest absolute Gasteiger partial charge is 0.495 e. The molecule has 0 spiro atoms. The van der Waals surface area contributed by atoms with E-state index in [1.54, 1.807) is 7.11 Å². The highest BCUT2D eigenvalue weighted by molar-refractivity contribution is 9.10. The molecule has 1 aromatic rings. The van der Waals surface area contributed by atoms with Crippen molar-refractivity contribution in [1.29, 1.82) is 0 Å². The fraction of sp³-hybridized carbons (Fsp3) is 0.600. The van der Waals surface area contributed by atoms with Crippen LogP contribution in [0.5, 0.6) is 5.75 Å². The number of hydrogen-bond acceptors (Lipinski definition) is 2. The Labute approximate surface area is 118 Å². The Kier molecular flexibility index (Phi) is 4.93. The molecule has 1 aliphatic rings. The van der Waals surface area contributed by atoms with Gasteiger partial charge in [-0.1, -0.05) is 13.3 Å². The summed E-state index contributed by atoms with van der Waals surface area (Å²) in [6.45, 7) is 2.30. The van der Waals surface area contributed by atoms with E-state index in [0.717, 1.165) is 21.8 Å². The SMILES string of the molecule is CCC1CCC(Nc2ccc(Br)c(OC)c2)CC1. The third kappa shape index (κ3) is 3.41. The molecule has 0 heterocycles. The van der Waals surface area contributed by atoms with Gasteiger partial charge in [0.2, 0.25) is 0 Å². The van der Waals surface area contributed by atoms with Crippen LogP contribution in [-0.4, -0.2) is 13.2 Å². The highest BCUT2D eigenvalue weighted by Gasteiger charge is 2.19. The van der Waals surface area contributed by atoms with Crippen LogP contribution in [0.2, 0.25) is 0 Å². The molecule has 18 heavy (non-hydrogen) atoms. The number of anilines is 1. The van der Waals surface area contributed by atoms with Crippen LogP contribution in [0.15, 0.2) is 22.7 Å². The molecule has 1 aromatic carbocycles. The molecule has 1 saturated carbocycles. The van der Waals surface area contributed by atoms with E-state index in [2.05, 4.69) is 40.3 Å². The first kappa shape index (κ1) is 13.7. The quantitative estimate of drug-likeness (QED) is 0.859. The van der Waals surface area contributed by atoms with Gasteiger partial charge in [-0.25, -0.2) is 0 Å². The van der Waals surface area contributed by atoms with Crippen molar-refractivity contribution in [2.24, 2.45) is 5.92 Å². The maximum Gasteiger partial charge on any atom is 0.135 e. The molecule has 0 aliphatic heterocycles. The lowest BCUT2D eigenvalue weighted by Gasteiger charge is -2.29. The van der Waals surface area contributed by atoms with Gasteiger partial charge in [0.1, 0.15) is 5.75 Å². The van der Waals surface area contributed by atoms with E-state index in [4.69, 9.17) is 4.74 Å². The summed E-state index contributed by atoms with van der Waals surface area (Å²) >= 11 is 3.48. The van der Waals surface area contributed by atoms with Crippen LogP contribution in [0.25, 0.3) is 0 Å². The van der Waals surface area contributed by atoms with Gasteiger partial charge in [0, 0.05) is 17.8 Å². The van der Waals surface area contributed by atoms with E-state index in [9.17, 15) is 0 Å². The second-order valence-electron chi connectivity index (χ2n) is 5.12. The average molecular weight is 312 g/mol. The monoisotopic (exact) mass is 311 g/mol. The number of methoxy groups -OCH3 is 1. The van der Waals surface area contributed by atoms with Crippen LogP contribution in [0.1, 0.15) is 39.0 Å². The predicted molar refractivity (Wildman–Crippen MR) is 80.4 cm³/mol. The van der Waals surface area contributed by atoms with Gasteiger partial charge in [-0.2, -0.15) is 0 Å². The van der Waals surface area contributed by atoms with Crippen molar-refractivity contribution in [3.05, 3.63) is 22.7 Å². The molecule has 2 rings (SSSR count). The highest BCUT2D eigenvalue weighted by atomic mass is 79.9. The maximum atomic E-state index is 5.32. The molecule has 1 aliphatic carbocycles. The second kappa shape index (κ2) is 6.46. The Hall–Kier alpha value is -0.700. The molecular formula is C15H22BrNO. The first-order valence-electron chi connectivity index (χ1n) is 6.83. The fourth-order valence-corrected chi connectivity index (χ4v) is 3.11. The highest BCUT2D eigenvalue weighted by Crippen LogP contribution is 2.31. The van der Waals surface area contributed by atoms with E-state index in [0.29, 0.717) is 6.04 Å². The molecule has 3 heteroatoms. The topological polar surface area (TPSA) is 21.3 Å². The average Bonchev–Trinajstić information content (AvgIpc) is 2.42. The molecular weight excluding hydrogens is 290 g/mol. The van der Waals surface area contributed by atoms with E-state index in [1.165, 1.54) is 32.1 Å². The van der Waals surface area contributed by atoms with Crippen LogP contribution in [-0.2, 0) is 0 Å². The van der Waals surface area contributed by atoms with Crippen LogP contribution in [0.3, 0.4) is 0 Å².